The van der Waals surface area contributed by atoms with Crippen molar-refractivity contribution in [3.8, 4) is 39.1 Å². The Morgan fingerprint density at radius 3 is 1.48 bits per heavy atom. The number of benzene rings is 10. The summed E-state index contributed by atoms with van der Waals surface area (Å²) in [6, 6.07) is 86.9. The van der Waals surface area contributed by atoms with E-state index in [-0.39, 0.29) is 25.7 Å². The van der Waals surface area contributed by atoms with Crippen LogP contribution in [0.1, 0.15) is 35.1 Å². The molecular formula is C67H58BBr2IN2O2. The smallest absolute Gasteiger partial charge is 0.399 e. The summed E-state index contributed by atoms with van der Waals surface area (Å²) in [5.74, 6) is 0. The van der Waals surface area contributed by atoms with Crippen molar-refractivity contribution in [2.24, 2.45) is 0 Å². The number of hydrogen-bond donors (Lipinski definition) is 1. The molecule has 1 aliphatic rings. The molecule has 75 heavy (non-hydrogen) atoms. The lowest BCUT2D eigenvalue weighted by atomic mass is 9.78. The second-order valence-corrected chi connectivity index (χ2v) is 22.3. The van der Waals surface area contributed by atoms with E-state index in [4.69, 9.17) is 9.31 Å². The van der Waals surface area contributed by atoms with Gasteiger partial charge in [0.2, 0.25) is 0 Å². The normalized spacial score (nSPS) is 13.2. The molecule has 10 aromatic carbocycles. The van der Waals surface area contributed by atoms with Crippen LogP contribution in [0, 0.1) is 3.57 Å². The highest BCUT2D eigenvalue weighted by Gasteiger charge is 2.51. The van der Waals surface area contributed by atoms with Gasteiger partial charge in [-0.1, -0.05) is 203 Å². The van der Waals surface area contributed by atoms with E-state index in [1.54, 1.807) is 0 Å². The number of aromatic nitrogens is 2. The van der Waals surface area contributed by atoms with Crippen molar-refractivity contribution in [1.29, 1.82) is 0 Å². The van der Waals surface area contributed by atoms with Crippen LogP contribution in [-0.4, -0.2) is 27.9 Å². The van der Waals surface area contributed by atoms with Crippen LogP contribution in [0.2, 0.25) is 0 Å². The third kappa shape index (κ3) is 12.1. The molecule has 1 aliphatic heterocycles. The van der Waals surface area contributed by atoms with Crippen molar-refractivity contribution in [3.05, 3.63) is 261 Å². The first-order valence-electron chi connectivity index (χ1n) is 24.7. The molecule has 4 nitrogen and oxygen atoms in total. The Bertz CT molecular complexity index is 3790. The van der Waals surface area contributed by atoms with Crippen LogP contribution in [0.15, 0.2) is 258 Å². The predicted octanol–water partition coefficient (Wildman–Crippen LogP) is 19.5. The predicted molar refractivity (Wildman–Crippen MR) is 336 cm³/mol. The van der Waals surface area contributed by atoms with E-state index >= 15 is 0 Å². The number of H-pyrrole nitrogens is 1. The molecule has 2 aromatic heterocycles. The zero-order chi connectivity index (χ0) is 51.2. The minimum atomic E-state index is -0.317. The fourth-order valence-electron chi connectivity index (χ4n) is 9.22. The topological polar surface area (TPSA) is 39.2 Å². The molecule has 0 unspecified atom stereocenters. The summed E-state index contributed by atoms with van der Waals surface area (Å²) in [6.45, 7) is 8.32. The van der Waals surface area contributed by atoms with Crippen LogP contribution < -0.4 is 5.46 Å². The van der Waals surface area contributed by atoms with Gasteiger partial charge in [0, 0.05) is 50.8 Å². The molecule has 8 heteroatoms. The van der Waals surface area contributed by atoms with Gasteiger partial charge in [-0.15, -0.1) is 0 Å². The lowest BCUT2D eigenvalue weighted by molar-refractivity contribution is 0.00578. The molecule has 0 saturated carbocycles. The van der Waals surface area contributed by atoms with Gasteiger partial charge in [0.1, 0.15) is 0 Å². The number of aromatic amines is 1. The summed E-state index contributed by atoms with van der Waals surface area (Å²) >= 11 is 9.29. The van der Waals surface area contributed by atoms with Gasteiger partial charge in [0.15, 0.2) is 0 Å². The SMILES string of the molecule is Brc1ccc(-c2cccc(-c3ccc4c(c3)c3ccccc3n4-c3ccccc3)c2)cc1.Brc1ccc(-c2cccc(I)c2)cc1.C.CC1(C)OB(c2ccc3[nH]c4ccccc4c3c2)OC1(C)C.c1ccccc1. The van der Waals surface area contributed by atoms with Crippen LogP contribution in [0.3, 0.4) is 0 Å². The molecule has 1 N–H and O–H groups in total. The third-order valence-corrected chi connectivity index (χ3v) is 15.5. The van der Waals surface area contributed by atoms with E-state index < -0.39 is 0 Å². The summed E-state index contributed by atoms with van der Waals surface area (Å²) < 4.78 is 18.1. The highest BCUT2D eigenvalue weighted by Crippen LogP contribution is 2.38. The zero-order valence-electron chi connectivity index (χ0n) is 41.6. The third-order valence-electron chi connectivity index (χ3n) is 13.8. The molecular weight excluding hydrogens is 1160 g/mol. The van der Waals surface area contributed by atoms with Gasteiger partial charge in [0.05, 0.1) is 22.2 Å². The van der Waals surface area contributed by atoms with Gasteiger partial charge in [0.25, 0.3) is 0 Å². The van der Waals surface area contributed by atoms with Gasteiger partial charge in [-0.3, -0.25) is 0 Å². The maximum atomic E-state index is 6.16. The quantitative estimate of drug-likeness (QED) is 0.138. The molecule has 3 heterocycles. The summed E-state index contributed by atoms with van der Waals surface area (Å²) in [7, 11) is -0.317. The number of halogens is 3. The molecule has 372 valence electrons. The minimum Gasteiger partial charge on any atom is -0.399 e. The van der Waals surface area contributed by atoms with Crippen molar-refractivity contribution in [1.82, 2.24) is 9.55 Å². The summed E-state index contributed by atoms with van der Waals surface area (Å²) in [5, 5.41) is 4.99. The second-order valence-electron chi connectivity index (χ2n) is 19.2. The Morgan fingerprint density at radius 2 is 0.867 bits per heavy atom. The van der Waals surface area contributed by atoms with Gasteiger partial charge < -0.3 is 18.9 Å². The average Bonchev–Trinajstić information content (AvgIpc) is 4.05. The van der Waals surface area contributed by atoms with Crippen molar-refractivity contribution in [2.75, 3.05) is 0 Å². The zero-order valence-corrected chi connectivity index (χ0v) is 47.0. The molecule has 0 radical (unpaired) electrons. The summed E-state index contributed by atoms with van der Waals surface area (Å²) in [6.07, 6.45) is 0. The van der Waals surface area contributed by atoms with E-state index in [0.717, 1.165) is 25.4 Å². The number of nitrogens with zero attached hydrogens (tertiary/aromatic N) is 1. The summed E-state index contributed by atoms with van der Waals surface area (Å²) in [5.41, 5.74) is 13.8. The number of fused-ring (bicyclic) bond motifs is 6. The van der Waals surface area contributed by atoms with Crippen molar-refractivity contribution in [3.63, 3.8) is 0 Å². The minimum absolute atomic E-state index is 0. The highest BCUT2D eigenvalue weighted by molar-refractivity contribution is 14.1. The first kappa shape index (κ1) is 53.3. The van der Waals surface area contributed by atoms with Gasteiger partial charge in [-0.2, -0.15) is 0 Å². The van der Waals surface area contributed by atoms with Crippen LogP contribution >= 0.6 is 54.5 Å². The van der Waals surface area contributed by atoms with Crippen LogP contribution in [0.5, 0.6) is 0 Å². The fraction of sp³-hybridized carbons (Fsp3) is 0.104. The van der Waals surface area contributed by atoms with E-state index in [2.05, 4.69) is 298 Å². The Hall–Kier alpha value is -6.53. The largest absolute Gasteiger partial charge is 0.494 e. The van der Waals surface area contributed by atoms with Crippen LogP contribution in [0.25, 0.3) is 82.7 Å². The Balaban J connectivity index is 0.000000138. The van der Waals surface area contributed by atoms with Gasteiger partial charge in [-0.05, 0) is 174 Å². The second kappa shape index (κ2) is 23.6. The molecule has 13 rings (SSSR count). The Labute approximate surface area is 472 Å². The van der Waals surface area contributed by atoms with E-state index in [1.807, 2.05) is 42.5 Å². The fourth-order valence-corrected chi connectivity index (χ4v) is 10.3. The molecule has 1 saturated heterocycles. The molecule has 12 aromatic rings. The van der Waals surface area contributed by atoms with Crippen molar-refractivity contribution >= 4 is 111 Å². The Kier molecular flexibility index (Phi) is 16.8. The van der Waals surface area contributed by atoms with E-state index in [0.29, 0.717) is 0 Å². The van der Waals surface area contributed by atoms with Crippen molar-refractivity contribution in [2.45, 2.75) is 46.3 Å². The maximum Gasteiger partial charge on any atom is 0.494 e. The first-order chi connectivity index (χ1) is 35.9. The number of rotatable bonds is 5. The number of hydrogen-bond acceptors (Lipinski definition) is 2. The van der Waals surface area contributed by atoms with Gasteiger partial charge >= 0.3 is 7.12 Å². The maximum absolute atomic E-state index is 6.16. The standard InChI is InChI=1S/C30H20BrN.C18H20BNO2.C12H8BrI.C6H6.CH4/c31-25-16-13-21(14-17-25)22-7-6-8-23(19-22)24-15-18-30-28(20-24)27-11-4-5-12-29(27)32(30)26-9-2-1-3-10-26;1-17(2)18(3,4)22-19(21-17)12-9-10-16-14(11-12)13-7-5-6-8-15(13)20-16;13-11-6-4-9(5-7-11)10-2-1-3-12(14)8-10;1-2-4-6-5-3-1;/h1-20H;5-11,20H,1-4H3;1-8H;1-6H;1H4. The molecule has 0 atom stereocenters. The monoisotopic (exact) mass is 1220 g/mol. The number of para-hydroxylation sites is 3. The average molecular weight is 1220 g/mol. The molecule has 0 amide bonds. The first-order valence-corrected chi connectivity index (χ1v) is 27.4. The van der Waals surface area contributed by atoms with Crippen molar-refractivity contribution < 1.29 is 9.31 Å². The van der Waals surface area contributed by atoms with E-state index in [1.165, 1.54) is 75.2 Å². The highest BCUT2D eigenvalue weighted by atomic mass is 127. The van der Waals surface area contributed by atoms with E-state index in [9.17, 15) is 0 Å². The lowest BCUT2D eigenvalue weighted by Gasteiger charge is -2.32. The molecule has 1 fully saturated rings. The Morgan fingerprint density at radius 1 is 0.400 bits per heavy atom. The molecule has 0 bridgehead atoms. The number of nitrogens with one attached hydrogen (secondary N) is 1. The van der Waals surface area contributed by atoms with Gasteiger partial charge in [-0.25, -0.2) is 0 Å². The molecule has 0 spiro atoms. The lowest BCUT2D eigenvalue weighted by Crippen LogP contribution is -2.41. The van der Waals surface area contributed by atoms with Crippen LogP contribution in [0.4, 0.5) is 0 Å². The van der Waals surface area contributed by atoms with Crippen LogP contribution in [-0.2, 0) is 9.31 Å². The summed E-state index contributed by atoms with van der Waals surface area (Å²) in [4.78, 5) is 3.45. The molecule has 0 aliphatic carbocycles.